The second-order valence-electron chi connectivity index (χ2n) is 4.22. The van der Waals surface area contributed by atoms with Gasteiger partial charge in [0.05, 0.1) is 12.7 Å². The lowest BCUT2D eigenvalue weighted by atomic mass is 10.1. The number of rotatable bonds is 5. The summed E-state index contributed by atoms with van der Waals surface area (Å²) in [5, 5.41) is 13.1. The second-order valence-corrected chi connectivity index (χ2v) is 4.66. The summed E-state index contributed by atoms with van der Waals surface area (Å²) in [7, 11) is 0. The van der Waals surface area contributed by atoms with Crippen molar-refractivity contribution in [2.45, 2.75) is 13.0 Å². The molecule has 3 nitrogen and oxygen atoms in total. The van der Waals surface area contributed by atoms with Crippen LogP contribution in [-0.4, -0.2) is 6.61 Å². The number of nitrogens with one attached hydrogen (secondary N) is 1. The van der Waals surface area contributed by atoms with E-state index in [1.165, 1.54) is 0 Å². The average Bonchev–Trinajstić information content (AvgIpc) is 2.46. The Morgan fingerprint density at radius 1 is 1.25 bits per heavy atom. The van der Waals surface area contributed by atoms with Gasteiger partial charge in [0.25, 0.3) is 0 Å². The van der Waals surface area contributed by atoms with Gasteiger partial charge >= 0.3 is 0 Å². The molecule has 0 saturated heterocycles. The molecule has 0 fully saturated rings. The van der Waals surface area contributed by atoms with E-state index < -0.39 is 6.04 Å². The standard InChI is InChI=1S/C16H15ClN2O/c1-2-20-15-8-6-12(7-9-15)16(11-18)19-14-5-3-4-13(17)10-14/h3-10,16,19H,2H2,1H3. The summed E-state index contributed by atoms with van der Waals surface area (Å²) < 4.78 is 5.39. The number of nitriles is 1. The van der Waals surface area contributed by atoms with Crippen LogP contribution in [0.25, 0.3) is 0 Å². The van der Waals surface area contributed by atoms with Crippen molar-refractivity contribution in [3.8, 4) is 11.8 Å². The number of halogens is 1. The first-order valence-corrected chi connectivity index (χ1v) is 6.75. The molecule has 2 rings (SSSR count). The minimum Gasteiger partial charge on any atom is -0.494 e. The molecule has 0 amide bonds. The lowest BCUT2D eigenvalue weighted by Gasteiger charge is -2.14. The number of hydrogen-bond acceptors (Lipinski definition) is 3. The first-order chi connectivity index (χ1) is 9.72. The Hall–Kier alpha value is -2.18. The largest absolute Gasteiger partial charge is 0.494 e. The monoisotopic (exact) mass is 286 g/mol. The molecule has 2 aromatic carbocycles. The Kier molecular flexibility index (Phi) is 4.86. The van der Waals surface area contributed by atoms with E-state index in [2.05, 4.69) is 11.4 Å². The Bertz CT molecular complexity index is 605. The maximum absolute atomic E-state index is 9.31. The molecule has 20 heavy (non-hydrogen) atoms. The van der Waals surface area contributed by atoms with Crippen molar-refractivity contribution in [1.29, 1.82) is 5.26 Å². The van der Waals surface area contributed by atoms with E-state index >= 15 is 0 Å². The lowest BCUT2D eigenvalue weighted by Crippen LogP contribution is -2.08. The zero-order chi connectivity index (χ0) is 14.4. The predicted octanol–water partition coefficient (Wildman–Crippen LogP) is 4.42. The minimum absolute atomic E-state index is 0.427. The summed E-state index contributed by atoms with van der Waals surface area (Å²) in [5.74, 6) is 0.802. The molecule has 102 valence electrons. The maximum Gasteiger partial charge on any atom is 0.140 e. The van der Waals surface area contributed by atoms with E-state index in [-0.39, 0.29) is 0 Å². The highest BCUT2D eigenvalue weighted by molar-refractivity contribution is 6.30. The quantitative estimate of drug-likeness (QED) is 0.885. The molecule has 1 unspecified atom stereocenters. The lowest BCUT2D eigenvalue weighted by molar-refractivity contribution is 0.340. The Morgan fingerprint density at radius 3 is 2.60 bits per heavy atom. The van der Waals surface area contributed by atoms with E-state index in [0.29, 0.717) is 11.6 Å². The highest BCUT2D eigenvalue weighted by Gasteiger charge is 2.10. The minimum atomic E-state index is -0.427. The van der Waals surface area contributed by atoms with Gasteiger partial charge in [0.15, 0.2) is 0 Å². The van der Waals surface area contributed by atoms with Crippen molar-refractivity contribution in [2.75, 3.05) is 11.9 Å². The summed E-state index contributed by atoms with van der Waals surface area (Å²) in [6.45, 7) is 2.56. The van der Waals surface area contributed by atoms with Crippen molar-refractivity contribution in [1.82, 2.24) is 0 Å². The molecule has 0 aliphatic heterocycles. The molecule has 0 heterocycles. The molecule has 0 aliphatic rings. The zero-order valence-electron chi connectivity index (χ0n) is 11.1. The SMILES string of the molecule is CCOc1ccc(C(C#N)Nc2cccc(Cl)c2)cc1. The molecule has 0 spiro atoms. The van der Waals surface area contributed by atoms with Crippen LogP contribution < -0.4 is 10.1 Å². The van der Waals surface area contributed by atoms with Gasteiger partial charge in [-0.3, -0.25) is 0 Å². The van der Waals surface area contributed by atoms with Crippen LogP contribution in [0.15, 0.2) is 48.5 Å². The van der Waals surface area contributed by atoms with E-state index in [0.717, 1.165) is 17.0 Å². The van der Waals surface area contributed by atoms with Gasteiger partial charge in [-0.25, -0.2) is 0 Å². The Balaban J connectivity index is 2.14. The molecular weight excluding hydrogens is 272 g/mol. The van der Waals surface area contributed by atoms with Crippen LogP contribution in [0.3, 0.4) is 0 Å². The summed E-state index contributed by atoms with van der Waals surface area (Å²) in [6.07, 6.45) is 0. The van der Waals surface area contributed by atoms with Crippen molar-refractivity contribution < 1.29 is 4.74 Å². The summed E-state index contributed by atoms with van der Waals surface area (Å²) in [6, 6.07) is 16.6. The van der Waals surface area contributed by atoms with Crippen LogP contribution in [0, 0.1) is 11.3 Å². The molecule has 0 aromatic heterocycles. The van der Waals surface area contributed by atoms with Gasteiger partial charge in [-0.1, -0.05) is 29.8 Å². The molecule has 1 N–H and O–H groups in total. The van der Waals surface area contributed by atoms with Crippen LogP contribution in [0.5, 0.6) is 5.75 Å². The van der Waals surface area contributed by atoms with Crippen molar-refractivity contribution in [3.05, 3.63) is 59.1 Å². The smallest absolute Gasteiger partial charge is 0.140 e. The van der Waals surface area contributed by atoms with Crippen molar-refractivity contribution >= 4 is 17.3 Å². The van der Waals surface area contributed by atoms with Crippen LogP contribution in [0.4, 0.5) is 5.69 Å². The Labute approximate surface area is 123 Å². The van der Waals surface area contributed by atoms with Gasteiger partial charge in [-0.15, -0.1) is 0 Å². The number of ether oxygens (including phenoxy) is 1. The van der Waals surface area contributed by atoms with Gasteiger partial charge in [0.1, 0.15) is 11.8 Å². The third-order valence-electron chi connectivity index (χ3n) is 2.79. The van der Waals surface area contributed by atoms with E-state index in [9.17, 15) is 5.26 Å². The fourth-order valence-electron chi connectivity index (χ4n) is 1.86. The number of nitrogens with zero attached hydrogens (tertiary/aromatic N) is 1. The number of hydrogen-bond donors (Lipinski definition) is 1. The molecular formula is C16H15ClN2O. The van der Waals surface area contributed by atoms with E-state index in [4.69, 9.17) is 16.3 Å². The summed E-state index contributed by atoms with van der Waals surface area (Å²) in [4.78, 5) is 0. The van der Waals surface area contributed by atoms with Gasteiger partial charge in [0.2, 0.25) is 0 Å². The third-order valence-corrected chi connectivity index (χ3v) is 3.02. The third kappa shape index (κ3) is 3.66. The normalized spacial score (nSPS) is 11.4. The Morgan fingerprint density at radius 2 is 2.00 bits per heavy atom. The topological polar surface area (TPSA) is 45.0 Å². The summed E-state index contributed by atoms with van der Waals surface area (Å²) in [5.41, 5.74) is 1.70. The fourth-order valence-corrected chi connectivity index (χ4v) is 2.05. The van der Waals surface area contributed by atoms with Crippen LogP contribution in [0.2, 0.25) is 5.02 Å². The molecule has 0 bridgehead atoms. The molecule has 1 atom stereocenters. The van der Waals surface area contributed by atoms with Gasteiger partial charge in [0, 0.05) is 10.7 Å². The molecule has 4 heteroatoms. The number of anilines is 1. The van der Waals surface area contributed by atoms with Gasteiger partial charge < -0.3 is 10.1 Å². The van der Waals surface area contributed by atoms with Crippen molar-refractivity contribution in [2.24, 2.45) is 0 Å². The highest BCUT2D eigenvalue weighted by Crippen LogP contribution is 2.23. The van der Waals surface area contributed by atoms with Crippen molar-refractivity contribution in [3.63, 3.8) is 0 Å². The first-order valence-electron chi connectivity index (χ1n) is 6.37. The first kappa shape index (κ1) is 14.2. The fraction of sp³-hybridized carbons (Fsp3) is 0.188. The molecule has 0 radical (unpaired) electrons. The zero-order valence-corrected chi connectivity index (χ0v) is 11.9. The number of benzene rings is 2. The molecule has 0 saturated carbocycles. The molecule has 2 aromatic rings. The average molecular weight is 287 g/mol. The predicted molar refractivity (Wildman–Crippen MR) is 81.0 cm³/mol. The van der Waals surface area contributed by atoms with Crippen LogP contribution in [-0.2, 0) is 0 Å². The maximum atomic E-state index is 9.31. The van der Waals surface area contributed by atoms with Crippen LogP contribution in [0.1, 0.15) is 18.5 Å². The second kappa shape index (κ2) is 6.83. The molecule has 0 aliphatic carbocycles. The highest BCUT2D eigenvalue weighted by atomic mass is 35.5. The van der Waals surface area contributed by atoms with E-state index in [1.807, 2.05) is 43.3 Å². The summed E-state index contributed by atoms with van der Waals surface area (Å²) >= 11 is 5.93. The van der Waals surface area contributed by atoms with E-state index in [1.54, 1.807) is 12.1 Å². The van der Waals surface area contributed by atoms with Crippen LogP contribution >= 0.6 is 11.6 Å². The van der Waals surface area contributed by atoms with Gasteiger partial charge in [-0.05, 0) is 42.8 Å². The van der Waals surface area contributed by atoms with Gasteiger partial charge in [-0.2, -0.15) is 5.26 Å².